The van der Waals surface area contributed by atoms with Gasteiger partial charge in [-0.3, -0.25) is 4.99 Å². The quantitative estimate of drug-likeness (QED) is 0.619. The summed E-state index contributed by atoms with van der Waals surface area (Å²) in [6.45, 7) is 0.795. The van der Waals surface area contributed by atoms with Crippen molar-refractivity contribution < 1.29 is 0 Å². The summed E-state index contributed by atoms with van der Waals surface area (Å²) in [4.78, 5) is 4.12. The van der Waals surface area contributed by atoms with Crippen LogP contribution in [0.1, 0.15) is 37.2 Å². The summed E-state index contributed by atoms with van der Waals surface area (Å²) >= 11 is 0. The first-order valence-corrected chi connectivity index (χ1v) is 6.36. The van der Waals surface area contributed by atoms with Gasteiger partial charge in [-0.1, -0.05) is 30.3 Å². The predicted octanol–water partition coefficient (Wildman–Crippen LogP) is 2.23. The van der Waals surface area contributed by atoms with Gasteiger partial charge in [-0.25, -0.2) is 0 Å². The molecule has 0 amide bonds. The van der Waals surface area contributed by atoms with Crippen LogP contribution in [-0.4, -0.2) is 12.5 Å². The first-order valence-electron chi connectivity index (χ1n) is 6.36. The number of nitrogens with zero attached hydrogens (tertiary/aromatic N) is 1. The Morgan fingerprint density at radius 3 is 2.29 bits per heavy atom. The number of guanidine groups is 1. The molecule has 1 aliphatic rings. The molecule has 1 aromatic rings. The Kier molecular flexibility index (Phi) is 4.02. The van der Waals surface area contributed by atoms with Crippen molar-refractivity contribution in [3.63, 3.8) is 0 Å². The average Bonchev–Trinajstić information content (AvgIpc) is 2.38. The van der Waals surface area contributed by atoms with Gasteiger partial charge in [-0.05, 0) is 43.1 Å². The first kappa shape index (κ1) is 12.0. The molecule has 0 atom stereocenters. The third-order valence-corrected chi connectivity index (χ3v) is 3.65. The standard InChI is InChI=1S/C14H21N3/c15-14(16)17-10-11-6-8-13(9-7-11)12-4-2-1-3-5-12/h1-5,11,13H,6-10H2,(H4,15,16,17). The highest BCUT2D eigenvalue weighted by Gasteiger charge is 2.21. The smallest absolute Gasteiger partial charge is 0.185 e. The van der Waals surface area contributed by atoms with E-state index >= 15 is 0 Å². The molecule has 92 valence electrons. The second kappa shape index (κ2) is 5.71. The number of aliphatic imine (C=N–C) groups is 1. The summed E-state index contributed by atoms with van der Waals surface area (Å²) in [6, 6.07) is 10.8. The molecule has 0 heterocycles. The molecule has 3 heteroatoms. The van der Waals surface area contributed by atoms with E-state index < -0.39 is 0 Å². The molecule has 0 aliphatic heterocycles. The van der Waals surface area contributed by atoms with Crippen LogP contribution >= 0.6 is 0 Å². The van der Waals surface area contributed by atoms with Crippen LogP contribution in [0.5, 0.6) is 0 Å². The molecule has 3 nitrogen and oxygen atoms in total. The van der Waals surface area contributed by atoms with E-state index in [1.54, 1.807) is 0 Å². The lowest BCUT2D eigenvalue weighted by atomic mass is 9.79. The Hall–Kier alpha value is -1.51. The topological polar surface area (TPSA) is 64.4 Å². The molecular weight excluding hydrogens is 210 g/mol. The maximum atomic E-state index is 5.36. The van der Waals surface area contributed by atoms with Gasteiger partial charge in [-0.2, -0.15) is 0 Å². The second-order valence-electron chi connectivity index (χ2n) is 4.89. The number of benzene rings is 1. The SMILES string of the molecule is NC(N)=NCC1CCC(c2ccccc2)CC1. The normalized spacial score (nSPS) is 24.2. The van der Waals surface area contributed by atoms with Crippen molar-refractivity contribution in [2.75, 3.05) is 6.54 Å². The molecule has 0 aromatic heterocycles. The van der Waals surface area contributed by atoms with E-state index in [0.29, 0.717) is 5.92 Å². The van der Waals surface area contributed by atoms with Crippen LogP contribution in [0.2, 0.25) is 0 Å². The lowest BCUT2D eigenvalue weighted by Gasteiger charge is -2.27. The van der Waals surface area contributed by atoms with Crippen LogP contribution in [0, 0.1) is 5.92 Å². The van der Waals surface area contributed by atoms with Crippen molar-refractivity contribution in [3.05, 3.63) is 35.9 Å². The molecule has 17 heavy (non-hydrogen) atoms. The van der Waals surface area contributed by atoms with Crippen LogP contribution in [-0.2, 0) is 0 Å². The lowest BCUT2D eigenvalue weighted by molar-refractivity contribution is 0.333. The number of nitrogens with two attached hydrogens (primary N) is 2. The summed E-state index contributed by atoms with van der Waals surface area (Å²) in [5.41, 5.74) is 12.2. The van der Waals surface area contributed by atoms with E-state index in [1.807, 2.05) is 0 Å². The molecule has 0 bridgehead atoms. The van der Waals surface area contributed by atoms with Gasteiger partial charge in [0.05, 0.1) is 0 Å². The van der Waals surface area contributed by atoms with Crippen LogP contribution < -0.4 is 11.5 Å². The highest BCUT2D eigenvalue weighted by atomic mass is 15.0. The van der Waals surface area contributed by atoms with Crippen molar-refractivity contribution in [1.82, 2.24) is 0 Å². The molecule has 1 aliphatic carbocycles. The third-order valence-electron chi connectivity index (χ3n) is 3.65. The number of hydrogen-bond donors (Lipinski definition) is 2. The Balaban J connectivity index is 1.84. The van der Waals surface area contributed by atoms with Gasteiger partial charge in [0.25, 0.3) is 0 Å². The molecule has 1 aromatic carbocycles. The molecule has 1 fully saturated rings. The minimum absolute atomic E-state index is 0.218. The Morgan fingerprint density at radius 1 is 1.06 bits per heavy atom. The van der Waals surface area contributed by atoms with E-state index in [1.165, 1.54) is 31.2 Å². The molecule has 1 saturated carbocycles. The molecule has 0 saturated heterocycles. The van der Waals surface area contributed by atoms with Crippen LogP contribution in [0.15, 0.2) is 35.3 Å². The first-order chi connectivity index (χ1) is 8.25. The van der Waals surface area contributed by atoms with Crippen LogP contribution in [0.25, 0.3) is 0 Å². The monoisotopic (exact) mass is 231 g/mol. The van der Waals surface area contributed by atoms with Crippen molar-refractivity contribution in [2.24, 2.45) is 22.4 Å². The zero-order valence-corrected chi connectivity index (χ0v) is 10.2. The van der Waals surface area contributed by atoms with Gasteiger partial charge >= 0.3 is 0 Å². The van der Waals surface area contributed by atoms with Gasteiger partial charge in [0.1, 0.15) is 0 Å². The maximum absolute atomic E-state index is 5.36. The highest BCUT2D eigenvalue weighted by molar-refractivity contribution is 5.75. The van der Waals surface area contributed by atoms with Crippen molar-refractivity contribution >= 4 is 5.96 Å². The van der Waals surface area contributed by atoms with E-state index in [4.69, 9.17) is 11.5 Å². The summed E-state index contributed by atoms with van der Waals surface area (Å²) in [6.07, 6.45) is 4.98. The Labute approximate surface area is 103 Å². The third kappa shape index (κ3) is 3.48. The molecule has 4 N–H and O–H groups in total. The lowest BCUT2D eigenvalue weighted by Crippen LogP contribution is -2.25. The maximum Gasteiger partial charge on any atom is 0.185 e. The molecule has 0 spiro atoms. The fraction of sp³-hybridized carbons (Fsp3) is 0.500. The summed E-state index contributed by atoms with van der Waals surface area (Å²) in [5, 5.41) is 0. The number of hydrogen-bond acceptors (Lipinski definition) is 1. The van der Waals surface area contributed by atoms with Gasteiger partial charge in [0.2, 0.25) is 0 Å². The fourth-order valence-electron chi connectivity index (χ4n) is 2.64. The summed E-state index contributed by atoms with van der Waals surface area (Å²) in [5.74, 6) is 1.61. The van der Waals surface area contributed by atoms with Crippen molar-refractivity contribution in [2.45, 2.75) is 31.6 Å². The largest absolute Gasteiger partial charge is 0.370 e. The van der Waals surface area contributed by atoms with Crippen LogP contribution in [0.4, 0.5) is 0 Å². The Morgan fingerprint density at radius 2 is 1.71 bits per heavy atom. The minimum Gasteiger partial charge on any atom is -0.370 e. The Bertz CT molecular complexity index is 360. The molecule has 0 radical (unpaired) electrons. The second-order valence-corrected chi connectivity index (χ2v) is 4.89. The van der Waals surface area contributed by atoms with Crippen molar-refractivity contribution in [3.8, 4) is 0 Å². The number of rotatable bonds is 3. The van der Waals surface area contributed by atoms with Gasteiger partial charge in [0, 0.05) is 6.54 Å². The molecular formula is C14H21N3. The van der Waals surface area contributed by atoms with Crippen molar-refractivity contribution in [1.29, 1.82) is 0 Å². The highest BCUT2D eigenvalue weighted by Crippen LogP contribution is 2.35. The fourth-order valence-corrected chi connectivity index (χ4v) is 2.64. The van der Waals surface area contributed by atoms with Gasteiger partial charge in [-0.15, -0.1) is 0 Å². The van der Waals surface area contributed by atoms with Crippen LogP contribution in [0.3, 0.4) is 0 Å². The zero-order valence-electron chi connectivity index (χ0n) is 10.2. The van der Waals surface area contributed by atoms with Gasteiger partial charge < -0.3 is 11.5 Å². The minimum atomic E-state index is 0.218. The van der Waals surface area contributed by atoms with E-state index in [0.717, 1.165) is 12.5 Å². The average molecular weight is 231 g/mol. The predicted molar refractivity (Wildman–Crippen MR) is 71.8 cm³/mol. The van der Waals surface area contributed by atoms with E-state index in [-0.39, 0.29) is 5.96 Å². The summed E-state index contributed by atoms with van der Waals surface area (Å²) < 4.78 is 0. The van der Waals surface area contributed by atoms with Gasteiger partial charge in [0.15, 0.2) is 5.96 Å². The zero-order chi connectivity index (χ0) is 12.1. The van der Waals surface area contributed by atoms with E-state index in [2.05, 4.69) is 35.3 Å². The summed E-state index contributed by atoms with van der Waals surface area (Å²) in [7, 11) is 0. The van der Waals surface area contributed by atoms with E-state index in [9.17, 15) is 0 Å². The molecule has 0 unspecified atom stereocenters. The molecule has 2 rings (SSSR count).